The van der Waals surface area contributed by atoms with Crippen LogP contribution in [0.5, 0.6) is 11.5 Å². The van der Waals surface area contributed by atoms with Gasteiger partial charge in [0.2, 0.25) is 5.91 Å². The van der Waals surface area contributed by atoms with Gasteiger partial charge in [-0.25, -0.2) is 0 Å². The summed E-state index contributed by atoms with van der Waals surface area (Å²) >= 11 is 0. The third-order valence-electron chi connectivity index (χ3n) is 5.72. The summed E-state index contributed by atoms with van der Waals surface area (Å²) in [5, 5.41) is 2.82. The molecule has 0 fully saturated rings. The minimum Gasteiger partial charge on any atom is -0.485 e. The van der Waals surface area contributed by atoms with Crippen molar-refractivity contribution in [2.24, 2.45) is 0 Å². The van der Waals surface area contributed by atoms with Crippen molar-refractivity contribution in [1.29, 1.82) is 0 Å². The molecule has 1 unspecified atom stereocenters. The first-order valence-electron chi connectivity index (χ1n) is 11.0. The highest BCUT2D eigenvalue weighted by atomic mass is 16.5. The molecule has 4 rings (SSSR count). The monoisotopic (exact) mass is 458 g/mol. The number of anilines is 2. The molecule has 174 valence electrons. The van der Waals surface area contributed by atoms with Crippen LogP contribution < -0.4 is 19.7 Å². The zero-order valence-electron chi connectivity index (χ0n) is 19.3. The maximum absolute atomic E-state index is 12.9. The number of ketones is 1. The molecule has 1 atom stereocenters. The quantitative estimate of drug-likeness (QED) is 0.533. The van der Waals surface area contributed by atoms with Crippen molar-refractivity contribution in [3.8, 4) is 11.5 Å². The summed E-state index contributed by atoms with van der Waals surface area (Å²) < 4.78 is 11.3. The van der Waals surface area contributed by atoms with E-state index in [1.807, 2.05) is 50.2 Å². The average Bonchev–Trinajstić information content (AvgIpc) is 2.83. The molecule has 1 N–H and O–H groups in total. The Morgan fingerprint density at radius 1 is 1.03 bits per heavy atom. The molecule has 3 aromatic carbocycles. The Morgan fingerprint density at radius 3 is 2.44 bits per heavy atom. The lowest BCUT2D eigenvalue weighted by Crippen LogP contribution is -2.49. The molecule has 0 spiro atoms. The molecule has 0 saturated carbocycles. The third kappa shape index (κ3) is 4.78. The maximum atomic E-state index is 12.9. The van der Waals surface area contributed by atoms with Crippen LogP contribution in [-0.2, 0) is 9.59 Å². The van der Waals surface area contributed by atoms with E-state index >= 15 is 0 Å². The molecule has 1 aliphatic rings. The Kier molecular flexibility index (Phi) is 6.63. The molecule has 0 aromatic heterocycles. The second-order valence-corrected chi connectivity index (χ2v) is 8.20. The van der Waals surface area contributed by atoms with Gasteiger partial charge in [0, 0.05) is 11.3 Å². The SMILES string of the molecule is Cc1cccc(C)c1OCC(=O)c1ccc2c(c1)N(C(C)C(=O)Nc1ccccc1)C(=O)CO2. The van der Waals surface area contributed by atoms with Gasteiger partial charge in [-0.1, -0.05) is 36.4 Å². The number of amides is 2. The summed E-state index contributed by atoms with van der Waals surface area (Å²) in [4.78, 5) is 39.9. The molecule has 1 aliphatic heterocycles. The van der Waals surface area contributed by atoms with Crippen molar-refractivity contribution in [2.75, 3.05) is 23.4 Å². The summed E-state index contributed by atoms with van der Waals surface area (Å²) in [5.41, 5.74) is 3.27. The maximum Gasteiger partial charge on any atom is 0.265 e. The summed E-state index contributed by atoms with van der Waals surface area (Å²) in [6, 6.07) is 18.8. The number of aryl methyl sites for hydroxylation is 2. The molecular formula is C27H26N2O5. The molecule has 0 aliphatic carbocycles. The zero-order valence-corrected chi connectivity index (χ0v) is 19.3. The Morgan fingerprint density at radius 2 is 1.74 bits per heavy atom. The number of carbonyl (C=O) groups is 3. The van der Waals surface area contributed by atoms with Gasteiger partial charge in [0.1, 0.15) is 17.5 Å². The molecule has 0 radical (unpaired) electrons. The van der Waals surface area contributed by atoms with Crippen molar-refractivity contribution in [3.63, 3.8) is 0 Å². The van der Waals surface area contributed by atoms with Gasteiger partial charge >= 0.3 is 0 Å². The largest absolute Gasteiger partial charge is 0.485 e. The van der Waals surface area contributed by atoms with Crippen LogP contribution in [0.15, 0.2) is 66.7 Å². The normalized spacial score (nSPS) is 13.5. The summed E-state index contributed by atoms with van der Waals surface area (Å²) in [6.07, 6.45) is 0. The van der Waals surface area contributed by atoms with Crippen LogP contribution in [-0.4, -0.2) is 36.9 Å². The van der Waals surface area contributed by atoms with E-state index < -0.39 is 6.04 Å². The second kappa shape index (κ2) is 9.79. The van der Waals surface area contributed by atoms with E-state index in [1.54, 1.807) is 37.3 Å². The predicted octanol–water partition coefficient (Wildman–Crippen LogP) is 4.32. The van der Waals surface area contributed by atoms with E-state index in [-0.39, 0.29) is 30.8 Å². The highest BCUT2D eigenvalue weighted by Crippen LogP contribution is 2.35. The van der Waals surface area contributed by atoms with Crippen molar-refractivity contribution in [1.82, 2.24) is 0 Å². The lowest BCUT2D eigenvalue weighted by molar-refractivity contribution is -0.125. The minimum atomic E-state index is -0.813. The van der Waals surface area contributed by atoms with Crippen LogP contribution in [0, 0.1) is 13.8 Å². The number of fused-ring (bicyclic) bond motifs is 1. The molecule has 3 aromatic rings. The number of nitrogens with zero attached hydrogens (tertiary/aromatic N) is 1. The fourth-order valence-corrected chi connectivity index (χ4v) is 3.90. The third-order valence-corrected chi connectivity index (χ3v) is 5.72. The van der Waals surface area contributed by atoms with Gasteiger partial charge in [0.25, 0.3) is 5.91 Å². The number of carbonyl (C=O) groups excluding carboxylic acids is 3. The number of para-hydroxylation sites is 2. The Balaban J connectivity index is 1.54. The van der Waals surface area contributed by atoms with Crippen LogP contribution in [0.3, 0.4) is 0 Å². The first kappa shape index (κ1) is 23.0. The van der Waals surface area contributed by atoms with Gasteiger partial charge in [-0.2, -0.15) is 0 Å². The fourth-order valence-electron chi connectivity index (χ4n) is 3.90. The van der Waals surface area contributed by atoms with Crippen LogP contribution in [0.1, 0.15) is 28.4 Å². The van der Waals surface area contributed by atoms with Crippen LogP contribution in [0.2, 0.25) is 0 Å². The van der Waals surface area contributed by atoms with Gasteiger partial charge in [-0.3, -0.25) is 19.3 Å². The highest BCUT2D eigenvalue weighted by molar-refractivity contribution is 6.08. The van der Waals surface area contributed by atoms with Gasteiger partial charge < -0.3 is 14.8 Å². The number of rotatable bonds is 7. The van der Waals surface area contributed by atoms with Crippen molar-refractivity contribution < 1.29 is 23.9 Å². The molecule has 7 heteroatoms. The van der Waals surface area contributed by atoms with Crippen LogP contribution >= 0.6 is 0 Å². The van der Waals surface area contributed by atoms with E-state index in [1.165, 1.54) is 4.90 Å². The number of hydrogen-bond acceptors (Lipinski definition) is 5. The molecule has 0 bridgehead atoms. The van der Waals surface area contributed by atoms with E-state index in [0.717, 1.165) is 11.1 Å². The van der Waals surface area contributed by atoms with E-state index in [2.05, 4.69) is 5.32 Å². The predicted molar refractivity (Wildman–Crippen MR) is 130 cm³/mol. The number of hydrogen-bond donors (Lipinski definition) is 1. The molecule has 2 amide bonds. The summed E-state index contributed by atoms with van der Waals surface area (Å²) in [6.45, 7) is 5.16. The van der Waals surface area contributed by atoms with Crippen molar-refractivity contribution >= 4 is 29.0 Å². The molecule has 7 nitrogen and oxygen atoms in total. The zero-order chi connectivity index (χ0) is 24.2. The summed E-state index contributed by atoms with van der Waals surface area (Å²) in [5.74, 6) is 0.165. The summed E-state index contributed by atoms with van der Waals surface area (Å²) in [7, 11) is 0. The average molecular weight is 459 g/mol. The van der Waals surface area contributed by atoms with Gasteiger partial charge in [0.05, 0.1) is 5.69 Å². The fraction of sp³-hybridized carbons (Fsp3) is 0.222. The topological polar surface area (TPSA) is 84.9 Å². The van der Waals surface area contributed by atoms with Crippen molar-refractivity contribution in [2.45, 2.75) is 26.8 Å². The van der Waals surface area contributed by atoms with Gasteiger partial charge in [-0.05, 0) is 62.2 Å². The number of Topliss-reactive ketones (excluding diaryl/α,β-unsaturated/α-hetero) is 1. The number of benzene rings is 3. The van der Waals surface area contributed by atoms with Gasteiger partial charge in [-0.15, -0.1) is 0 Å². The second-order valence-electron chi connectivity index (χ2n) is 8.20. The number of nitrogens with one attached hydrogen (secondary N) is 1. The van der Waals surface area contributed by atoms with Crippen LogP contribution in [0.4, 0.5) is 11.4 Å². The Bertz CT molecular complexity index is 1220. The minimum absolute atomic E-state index is 0.149. The molecular weight excluding hydrogens is 432 g/mol. The first-order valence-corrected chi connectivity index (χ1v) is 11.0. The number of ether oxygens (including phenoxy) is 2. The molecule has 1 heterocycles. The standard InChI is InChI=1S/C27H26N2O5/c1-17-8-7-9-18(2)26(17)34-15-23(30)20-12-13-24-22(14-20)29(25(31)16-33-24)19(3)27(32)28-21-10-5-4-6-11-21/h4-14,19H,15-16H2,1-3H3,(H,28,32). The van der Waals surface area contributed by atoms with E-state index in [4.69, 9.17) is 9.47 Å². The first-order chi connectivity index (χ1) is 16.3. The molecule has 0 saturated heterocycles. The lowest BCUT2D eigenvalue weighted by atomic mass is 10.1. The van der Waals surface area contributed by atoms with E-state index in [0.29, 0.717) is 28.4 Å². The van der Waals surface area contributed by atoms with Crippen LogP contribution in [0.25, 0.3) is 0 Å². The highest BCUT2D eigenvalue weighted by Gasteiger charge is 2.33. The Labute approximate surface area is 198 Å². The van der Waals surface area contributed by atoms with Gasteiger partial charge in [0.15, 0.2) is 19.0 Å². The smallest absolute Gasteiger partial charge is 0.265 e. The van der Waals surface area contributed by atoms with E-state index in [9.17, 15) is 14.4 Å². The Hall–Kier alpha value is -4.13. The lowest BCUT2D eigenvalue weighted by Gasteiger charge is -2.33. The molecule has 34 heavy (non-hydrogen) atoms. The van der Waals surface area contributed by atoms with Crippen molar-refractivity contribution in [3.05, 3.63) is 83.4 Å².